The second-order valence-electron chi connectivity index (χ2n) is 6.86. The lowest BCUT2D eigenvalue weighted by Crippen LogP contribution is -2.04. The van der Waals surface area contributed by atoms with Gasteiger partial charge >= 0.3 is 5.17 Å². The van der Waals surface area contributed by atoms with Crippen molar-refractivity contribution < 1.29 is 9.23 Å². The molecule has 0 bridgehead atoms. The topological polar surface area (TPSA) is 46.2 Å². The van der Waals surface area contributed by atoms with Crippen molar-refractivity contribution >= 4 is 29.2 Å². The van der Waals surface area contributed by atoms with Crippen LogP contribution in [-0.4, -0.2) is 31.8 Å². The first-order chi connectivity index (χ1) is 13.8. The monoisotopic (exact) mass is 430 g/mol. The first-order valence-electron chi connectivity index (χ1n) is 9.20. The summed E-state index contributed by atoms with van der Waals surface area (Å²) in [5.41, 5.74) is 2.22. The predicted molar refractivity (Wildman–Crippen MR) is 116 cm³/mol. The number of aryl methyl sites for hydroxylation is 1. The Morgan fingerprint density at radius 2 is 1.86 bits per heavy atom. The summed E-state index contributed by atoms with van der Waals surface area (Å²) in [6.07, 6.45) is 3.59. The van der Waals surface area contributed by atoms with Crippen LogP contribution in [-0.2, 0) is 11.4 Å². The van der Waals surface area contributed by atoms with E-state index in [1.807, 2.05) is 25.1 Å². The zero-order valence-electron chi connectivity index (χ0n) is 16.8. The lowest BCUT2D eigenvalue weighted by Gasteiger charge is -2.12. The Balaban J connectivity index is 0.000000419. The van der Waals surface area contributed by atoms with Crippen molar-refractivity contribution in [1.82, 2.24) is 19.6 Å². The smallest absolute Gasteiger partial charge is 0.322 e. The van der Waals surface area contributed by atoms with Crippen LogP contribution in [0.15, 0.2) is 58.7 Å². The van der Waals surface area contributed by atoms with Gasteiger partial charge in [-0.05, 0) is 61.0 Å². The zero-order chi connectivity index (χ0) is 21.0. The summed E-state index contributed by atoms with van der Waals surface area (Å²) >= 11 is 6.04. The standard InChI is InChI=1S/C19H20FN3S.C2H3NOS/c1-13(2)18-19(24-17-6-4-5-16(20)11-17)23(14(3)22-18)12-15-7-9-21-10-8-15;1-3-2(5)4-3/h4-11,13H,12H2,1-3H3;1H3. The molecule has 29 heavy (non-hydrogen) atoms. The SMILES string of the molecule is CN1OC1=S.Cc1nc(C(C)C)c(Sc2cccc(F)c2)n1Cc1ccncc1. The van der Waals surface area contributed by atoms with E-state index in [0.29, 0.717) is 11.1 Å². The number of halogens is 1. The second kappa shape index (κ2) is 9.37. The molecule has 0 N–H and O–H groups in total. The van der Waals surface area contributed by atoms with Crippen molar-refractivity contribution in [2.24, 2.45) is 0 Å². The summed E-state index contributed by atoms with van der Waals surface area (Å²) in [5.74, 6) is 1.05. The second-order valence-corrected chi connectivity index (χ2v) is 8.27. The molecule has 0 atom stereocenters. The number of nitrogens with zero attached hydrogens (tertiary/aromatic N) is 4. The van der Waals surface area contributed by atoms with Crippen molar-refractivity contribution in [3.63, 3.8) is 0 Å². The molecule has 0 amide bonds. The number of benzene rings is 1. The largest absolute Gasteiger partial charge is 0.342 e. The van der Waals surface area contributed by atoms with Crippen LogP contribution in [0, 0.1) is 12.7 Å². The van der Waals surface area contributed by atoms with E-state index in [1.54, 1.807) is 43.3 Å². The highest BCUT2D eigenvalue weighted by molar-refractivity contribution is 7.99. The lowest BCUT2D eigenvalue weighted by molar-refractivity contribution is 0.243. The van der Waals surface area contributed by atoms with Crippen LogP contribution in [0.3, 0.4) is 0 Å². The molecule has 2 aromatic heterocycles. The van der Waals surface area contributed by atoms with Crippen LogP contribution >= 0.6 is 24.0 Å². The maximum atomic E-state index is 13.5. The summed E-state index contributed by atoms with van der Waals surface area (Å²) in [4.78, 5) is 14.2. The molecule has 0 saturated carbocycles. The summed E-state index contributed by atoms with van der Waals surface area (Å²) in [6.45, 7) is 7.01. The minimum absolute atomic E-state index is 0.219. The molecule has 5 nitrogen and oxygen atoms in total. The molecule has 1 saturated heterocycles. The van der Waals surface area contributed by atoms with Gasteiger partial charge in [0.1, 0.15) is 16.7 Å². The molecule has 1 fully saturated rings. The number of pyridine rings is 1. The van der Waals surface area contributed by atoms with Crippen LogP contribution in [0.25, 0.3) is 0 Å². The molecule has 3 heterocycles. The number of imidazole rings is 1. The Morgan fingerprint density at radius 1 is 1.21 bits per heavy atom. The van der Waals surface area contributed by atoms with Crippen LogP contribution in [0.2, 0.25) is 0 Å². The summed E-state index contributed by atoms with van der Waals surface area (Å²) < 4.78 is 15.7. The van der Waals surface area contributed by atoms with Gasteiger partial charge in [0.05, 0.1) is 5.69 Å². The molecule has 8 heteroatoms. The molecule has 0 aliphatic carbocycles. The Hall–Kier alpha value is -2.45. The molecule has 1 aromatic carbocycles. The van der Waals surface area contributed by atoms with Gasteiger partial charge in [0.25, 0.3) is 0 Å². The summed E-state index contributed by atoms with van der Waals surface area (Å²) in [5, 5.41) is 3.19. The first kappa shape index (κ1) is 21.3. The minimum Gasteiger partial charge on any atom is -0.342 e. The molecular formula is C21H23FN4OS2. The molecule has 0 spiro atoms. The van der Waals surface area contributed by atoms with E-state index < -0.39 is 0 Å². The van der Waals surface area contributed by atoms with Crippen LogP contribution in [0.5, 0.6) is 0 Å². The molecule has 152 valence electrons. The summed E-state index contributed by atoms with van der Waals surface area (Å²) in [7, 11) is 1.77. The van der Waals surface area contributed by atoms with Crippen molar-refractivity contribution in [3.8, 4) is 0 Å². The van der Waals surface area contributed by atoms with E-state index in [9.17, 15) is 4.39 Å². The third kappa shape index (κ3) is 5.77. The highest BCUT2D eigenvalue weighted by Gasteiger charge is 2.21. The van der Waals surface area contributed by atoms with Gasteiger partial charge in [0.15, 0.2) is 0 Å². The molecule has 1 aliphatic rings. The summed E-state index contributed by atoms with van der Waals surface area (Å²) in [6, 6.07) is 10.7. The highest BCUT2D eigenvalue weighted by Crippen LogP contribution is 2.35. The van der Waals surface area contributed by atoms with Crippen molar-refractivity contribution in [1.29, 1.82) is 0 Å². The molecular weight excluding hydrogens is 407 g/mol. The number of rotatable bonds is 5. The molecule has 0 unspecified atom stereocenters. The van der Waals surface area contributed by atoms with Crippen LogP contribution in [0.1, 0.15) is 36.8 Å². The van der Waals surface area contributed by atoms with Crippen LogP contribution < -0.4 is 0 Å². The van der Waals surface area contributed by atoms with Gasteiger partial charge in [-0.1, -0.05) is 31.7 Å². The molecule has 4 rings (SSSR count). The predicted octanol–water partition coefficient (Wildman–Crippen LogP) is 5.20. The van der Waals surface area contributed by atoms with E-state index in [2.05, 4.69) is 40.5 Å². The maximum absolute atomic E-state index is 13.5. The van der Waals surface area contributed by atoms with E-state index in [1.165, 1.54) is 16.7 Å². The molecule has 1 aliphatic heterocycles. The van der Waals surface area contributed by atoms with E-state index in [0.717, 1.165) is 28.0 Å². The third-order valence-electron chi connectivity index (χ3n) is 4.22. The first-order valence-corrected chi connectivity index (χ1v) is 10.4. The average Bonchev–Trinajstić information content (AvgIpc) is 3.25. The Bertz CT molecular complexity index is 992. The van der Waals surface area contributed by atoms with Crippen molar-refractivity contribution in [3.05, 3.63) is 71.7 Å². The molecule has 0 radical (unpaired) electrons. The zero-order valence-corrected chi connectivity index (χ0v) is 18.4. The van der Waals surface area contributed by atoms with Gasteiger partial charge in [-0.25, -0.2) is 9.37 Å². The van der Waals surface area contributed by atoms with E-state index >= 15 is 0 Å². The Labute approximate surface area is 179 Å². The fourth-order valence-electron chi connectivity index (χ4n) is 2.65. The third-order valence-corrected chi connectivity index (χ3v) is 5.67. The number of hydroxylamine groups is 2. The quantitative estimate of drug-likeness (QED) is 0.410. The number of aromatic nitrogens is 3. The van der Waals surface area contributed by atoms with Crippen molar-refractivity contribution in [2.75, 3.05) is 7.05 Å². The fourth-order valence-corrected chi connectivity index (χ4v) is 3.99. The van der Waals surface area contributed by atoms with Crippen molar-refractivity contribution in [2.45, 2.75) is 43.2 Å². The Kier molecular flexibility index (Phi) is 6.87. The van der Waals surface area contributed by atoms with Crippen LogP contribution in [0.4, 0.5) is 4.39 Å². The van der Waals surface area contributed by atoms with Gasteiger partial charge < -0.3 is 9.40 Å². The normalized spacial score (nSPS) is 12.5. The Morgan fingerprint density at radius 3 is 2.41 bits per heavy atom. The van der Waals surface area contributed by atoms with E-state index in [-0.39, 0.29) is 5.82 Å². The highest BCUT2D eigenvalue weighted by atomic mass is 32.2. The van der Waals surface area contributed by atoms with Gasteiger partial charge in [0.2, 0.25) is 0 Å². The number of hydrogen-bond acceptors (Lipinski definition) is 5. The lowest BCUT2D eigenvalue weighted by atomic mass is 10.1. The maximum Gasteiger partial charge on any atom is 0.322 e. The van der Waals surface area contributed by atoms with Gasteiger partial charge in [-0.2, -0.15) is 5.06 Å². The minimum atomic E-state index is -0.219. The van der Waals surface area contributed by atoms with E-state index in [4.69, 9.17) is 4.98 Å². The van der Waals surface area contributed by atoms with Gasteiger partial charge in [-0.3, -0.25) is 4.98 Å². The van der Waals surface area contributed by atoms with Gasteiger partial charge in [0, 0.05) is 30.9 Å². The number of thiocarbonyl (C=S) groups is 1. The fraction of sp³-hybridized carbons (Fsp3) is 0.286. The average molecular weight is 431 g/mol. The number of hydrogen-bond donors (Lipinski definition) is 0. The van der Waals surface area contributed by atoms with Gasteiger partial charge in [-0.15, -0.1) is 0 Å². The molecule has 3 aromatic rings.